The molecule has 2 fully saturated rings. The summed E-state index contributed by atoms with van der Waals surface area (Å²) < 4.78 is 63.1. The molecule has 1 aromatic heterocycles. The number of Topliss-reactive ketones (excluding diaryl/α,β-unsaturated/α-hetero) is 1. The van der Waals surface area contributed by atoms with Crippen LogP contribution in [0.2, 0.25) is 10.0 Å². The van der Waals surface area contributed by atoms with Crippen molar-refractivity contribution >= 4 is 40.9 Å². The third-order valence-electron chi connectivity index (χ3n) is 8.05. The number of carbonyl (C=O) groups excluding carboxylic acids is 3. The van der Waals surface area contributed by atoms with Gasteiger partial charge in [-0.3, -0.25) is 19.1 Å². The van der Waals surface area contributed by atoms with E-state index in [-0.39, 0.29) is 53.0 Å². The normalized spacial score (nSPS) is 21.8. The Hall–Kier alpha value is -2.66. The molecule has 0 saturated heterocycles. The highest BCUT2D eigenvalue weighted by atomic mass is 35.5. The molecule has 1 aromatic carbocycles. The SMILES string of the molecule is CCOC(=O)C1(C)CCC(n2ncc(C(=O)N(CC(=O)c3c(Cl)cc(F)cc3Cl)CC3(C)CC3)c2C(F)(F)F)CC1. The van der Waals surface area contributed by atoms with Crippen molar-refractivity contribution in [3.8, 4) is 0 Å². The number of aromatic nitrogens is 2. The monoisotopic (exact) mass is 619 g/mol. The van der Waals surface area contributed by atoms with Gasteiger partial charge in [-0.15, -0.1) is 0 Å². The van der Waals surface area contributed by atoms with E-state index in [1.165, 1.54) is 0 Å². The first-order valence-corrected chi connectivity index (χ1v) is 14.1. The predicted molar refractivity (Wildman–Crippen MR) is 143 cm³/mol. The first-order valence-electron chi connectivity index (χ1n) is 13.4. The van der Waals surface area contributed by atoms with E-state index in [0.717, 1.165) is 40.8 Å². The van der Waals surface area contributed by atoms with Crippen molar-refractivity contribution in [1.29, 1.82) is 0 Å². The minimum atomic E-state index is -4.92. The Balaban J connectivity index is 1.63. The van der Waals surface area contributed by atoms with Crippen LogP contribution in [0.15, 0.2) is 18.3 Å². The van der Waals surface area contributed by atoms with E-state index in [2.05, 4.69) is 5.10 Å². The summed E-state index contributed by atoms with van der Waals surface area (Å²) in [6, 6.07) is 1.11. The average Bonchev–Trinajstić information content (AvgIpc) is 3.41. The van der Waals surface area contributed by atoms with Crippen molar-refractivity contribution in [2.75, 3.05) is 19.7 Å². The molecule has 7 nitrogen and oxygen atoms in total. The number of ketones is 1. The number of amides is 1. The molecule has 2 saturated carbocycles. The van der Waals surface area contributed by atoms with Crippen LogP contribution in [0.4, 0.5) is 17.6 Å². The smallest absolute Gasteiger partial charge is 0.433 e. The number of alkyl halides is 3. The molecule has 13 heteroatoms. The number of ether oxygens (including phenoxy) is 1. The van der Waals surface area contributed by atoms with Crippen LogP contribution in [0.5, 0.6) is 0 Å². The highest BCUT2D eigenvalue weighted by Gasteiger charge is 2.47. The van der Waals surface area contributed by atoms with Crippen molar-refractivity contribution in [3.05, 3.63) is 51.0 Å². The number of halogens is 6. The second-order valence-electron chi connectivity index (χ2n) is 11.5. The molecule has 224 valence electrons. The van der Waals surface area contributed by atoms with Crippen molar-refractivity contribution in [1.82, 2.24) is 14.7 Å². The Labute approximate surface area is 245 Å². The van der Waals surface area contributed by atoms with Crippen LogP contribution >= 0.6 is 23.2 Å². The summed E-state index contributed by atoms with van der Waals surface area (Å²) in [6.45, 7) is 4.91. The molecule has 2 aliphatic carbocycles. The Morgan fingerprint density at radius 3 is 2.20 bits per heavy atom. The highest BCUT2D eigenvalue weighted by Crippen LogP contribution is 2.47. The van der Waals surface area contributed by atoms with Gasteiger partial charge in [0.05, 0.1) is 52.0 Å². The van der Waals surface area contributed by atoms with Gasteiger partial charge in [0.15, 0.2) is 11.5 Å². The van der Waals surface area contributed by atoms with E-state index in [1.807, 2.05) is 6.92 Å². The van der Waals surface area contributed by atoms with Crippen LogP contribution < -0.4 is 0 Å². The van der Waals surface area contributed by atoms with Crippen molar-refractivity contribution < 1.29 is 36.7 Å². The Kier molecular flexibility index (Phi) is 8.81. The lowest BCUT2D eigenvalue weighted by Gasteiger charge is -2.36. The van der Waals surface area contributed by atoms with Gasteiger partial charge in [-0.05, 0) is 69.9 Å². The minimum absolute atomic E-state index is 0.0256. The average molecular weight is 620 g/mol. The number of carbonyl (C=O) groups is 3. The molecule has 0 bridgehead atoms. The van der Waals surface area contributed by atoms with Gasteiger partial charge < -0.3 is 9.64 Å². The van der Waals surface area contributed by atoms with Gasteiger partial charge in [0, 0.05) is 6.54 Å². The summed E-state index contributed by atoms with van der Waals surface area (Å²) in [6.07, 6.45) is -1.51. The van der Waals surface area contributed by atoms with Gasteiger partial charge >= 0.3 is 12.1 Å². The van der Waals surface area contributed by atoms with E-state index in [1.54, 1.807) is 13.8 Å². The molecule has 0 aliphatic heterocycles. The van der Waals surface area contributed by atoms with E-state index in [4.69, 9.17) is 27.9 Å². The fourth-order valence-corrected chi connectivity index (χ4v) is 6.01. The maximum atomic E-state index is 14.5. The standard InChI is InChI=1S/C28H31Cl2F4N3O4/c1-4-41-25(40)27(3)7-5-17(6-8-27)37-23(28(32,33)34)18(13-35-37)24(39)36(15-26(2)9-10-26)14-21(38)22-19(29)11-16(31)12-20(22)30/h11-13,17H,4-10,14-15H2,1-3H3. The number of benzene rings is 1. The van der Waals surface area contributed by atoms with Crippen LogP contribution in [-0.4, -0.2) is 52.0 Å². The molecule has 2 aromatic rings. The lowest BCUT2D eigenvalue weighted by atomic mass is 9.74. The van der Waals surface area contributed by atoms with Crippen molar-refractivity contribution in [2.45, 2.75) is 71.5 Å². The van der Waals surface area contributed by atoms with Crippen LogP contribution in [0.3, 0.4) is 0 Å². The summed E-state index contributed by atoms with van der Waals surface area (Å²) in [5.41, 5.74) is -3.27. The molecule has 0 atom stereocenters. The quantitative estimate of drug-likeness (QED) is 0.169. The summed E-state index contributed by atoms with van der Waals surface area (Å²) in [4.78, 5) is 40.3. The molecule has 0 unspecified atom stereocenters. The molecule has 0 radical (unpaired) electrons. The van der Waals surface area contributed by atoms with Gasteiger partial charge in [-0.2, -0.15) is 18.3 Å². The van der Waals surface area contributed by atoms with Gasteiger partial charge in [0.1, 0.15) is 5.82 Å². The Bertz CT molecular complexity index is 1330. The first-order chi connectivity index (χ1) is 19.1. The largest absolute Gasteiger partial charge is 0.466 e. The lowest BCUT2D eigenvalue weighted by molar-refractivity contribution is -0.157. The summed E-state index contributed by atoms with van der Waals surface area (Å²) in [7, 11) is 0. The second-order valence-corrected chi connectivity index (χ2v) is 12.3. The van der Waals surface area contributed by atoms with Crippen LogP contribution in [0.1, 0.15) is 91.7 Å². The van der Waals surface area contributed by atoms with Gasteiger partial charge in [-0.1, -0.05) is 30.1 Å². The van der Waals surface area contributed by atoms with Gasteiger partial charge in [-0.25, -0.2) is 4.39 Å². The van der Waals surface area contributed by atoms with Crippen LogP contribution in [-0.2, 0) is 15.7 Å². The number of hydrogen-bond donors (Lipinski definition) is 0. The zero-order valence-corrected chi connectivity index (χ0v) is 24.4. The van der Waals surface area contributed by atoms with Gasteiger partial charge in [0.2, 0.25) is 0 Å². The van der Waals surface area contributed by atoms with Crippen molar-refractivity contribution in [3.63, 3.8) is 0 Å². The number of rotatable bonds is 9. The number of esters is 1. The lowest BCUT2D eigenvalue weighted by Crippen LogP contribution is -2.40. The molecule has 0 N–H and O–H groups in total. The highest BCUT2D eigenvalue weighted by molar-refractivity contribution is 6.40. The van der Waals surface area contributed by atoms with Crippen LogP contribution in [0.25, 0.3) is 0 Å². The zero-order chi connectivity index (χ0) is 30.3. The van der Waals surface area contributed by atoms with E-state index in [9.17, 15) is 31.9 Å². The predicted octanol–water partition coefficient (Wildman–Crippen LogP) is 7.16. The third-order valence-corrected chi connectivity index (χ3v) is 8.65. The molecule has 4 rings (SSSR count). The first kappa shape index (κ1) is 31.3. The molecule has 1 heterocycles. The maximum Gasteiger partial charge on any atom is 0.433 e. The number of hydrogen-bond acceptors (Lipinski definition) is 5. The molecule has 1 amide bonds. The maximum absolute atomic E-state index is 14.5. The van der Waals surface area contributed by atoms with E-state index < -0.39 is 52.9 Å². The Morgan fingerprint density at radius 1 is 1.10 bits per heavy atom. The second kappa shape index (κ2) is 11.6. The van der Waals surface area contributed by atoms with E-state index >= 15 is 0 Å². The minimum Gasteiger partial charge on any atom is -0.466 e. The summed E-state index contributed by atoms with van der Waals surface area (Å²) in [5, 5.41) is 3.46. The summed E-state index contributed by atoms with van der Waals surface area (Å²) in [5.74, 6) is -2.89. The molecular weight excluding hydrogens is 589 g/mol. The topological polar surface area (TPSA) is 81.5 Å². The zero-order valence-electron chi connectivity index (χ0n) is 22.9. The molecule has 41 heavy (non-hydrogen) atoms. The fraction of sp³-hybridized carbons (Fsp3) is 0.571. The number of nitrogens with zero attached hydrogens (tertiary/aromatic N) is 3. The Morgan fingerprint density at radius 2 is 1.68 bits per heavy atom. The van der Waals surface area contributed by atoms with E-state index in [0.29, 0.717) is 12.8 Å². The van der Waals surface area contributed by atoms with Gasteiger partial charge in [0.25, 0.3) is 5.91 Å². The van der Waals surface area contributed by atoms with Crippen LogP contribution in [0, 0.1) is 16.6 Å². The van der Waals surface area contributed by atoms with Crippen molar-refractivity contribution in [2.24, 2.45) is 10.8 Å². The summed E-state index contributed by atoms with van der Waals surface area (Å²) >= 11 is 12.1. The third kappa shape index (κ3) is 6.71. The fourth-order valence-electron chi connectivity index (χ4n) is 5.34. The molecule has 2 aliphatic rings. The molecule has 0 spiro atoms. The molecular formula is C28H31Cl2F4N3O4.